The smallest absolute Gasteiger partial charge is 0.245 e. The molecule has 1 unspecified atom stereocenters. The van der Waals surface area contributed by atoms with Gasteiger partial charge in [-0.1, -0.05) is 11.1 Å². The monoisotopic (exact) mass is 642 g/mol. The summed E-state index contributed by atoms with van der Waals surface area (Å²) in [5.41, 5.74) is 4.14. The predicted octanol–water partition coefficient (Wildman–Crippen LogP) is 6.05. The number of hydrogen-bond acceptors (Lipinski definition) is 9. The Morgan fingerprint density at radius 3 is 2.39 bits per heavy atom. The van der Waals surface area contributed by atoms with Crippen molar-refractivity contribution in [2.75, 3.05) is 44.2 Å². The van der Waals surface area contributed by atoms with E-state index in [4.69, 9.17) is 18.7 Å². The van der Waals surface area contributed by atoms with Gasteiger partial charge in [0.05, 0.1) is 23.0 Å². The Labute approximate surface area is 262 Å². The fraction of sp³-hybridized carbons (Fsp3) is 0.406. The molecule has 12 heteroatoms. The molecule has 236 valence electrons. The normalized spacial score (nSPS) is 15.5. The average molecular weight is 643 g/mol. The lowest BCUT2D eigenvalue weighted by Gasteiger charge is -2.38. The van der Waals surface area contributed by atoms with Crippen molar-refractivity contribution < 1.29 is 32.2 Å². The Hall–Kier alpha value is -2.97. The Morgan fingerprint density at radius 1 is 1.00 bits per heavy atom. The van der Waals surface area contributed by atoms with Gasteiger partial charge in [-0.2, -0.15) is 4.31 Å². The van der Waals surface area contributed by atoms with Crippen LogP contribution in [0.2, 0.25) is 0 Å². The summed E-state index contributed by atoms with van der Waals surface area (Å²) in [7, 11) is -3.84. The van der Waals surface area contributed by atoms with Crippen molar-refractivity contribution in [2.24, 2.45) is 0 Å². The van der Waals surface area contributed by atoms with Crippen molar-refractivity contribution in [3.8, 4) is 22.5 Å². The van der Waals surface area contributed by atoms with Crippen molar-refractivity contribution in [3.05, 3.63) is 60.0 Å². The molecule has 1 N–H and O–H groups in total. The first kappa shape index (κ1) is 32.4. The summed E-state index contributed by atoms with van der Waals surface area (Å²) in [5, 5.41) is 14.9. The number of rotatable bonds is 13. The van der Waals surface area contributed by atoms with Gasteiger partial charge >= 0.3 is 0 Å². The molecular formula is C32H40N3O7S2+. The SMILES string of the molecule is CCOC1CCN1S(=O)(=O)c1ccc(-c2c3ccc(=[N+](CC)CC)cc-3oc3cc(N(CC)CC)ccc23)c(SOOO)c1. The van der Waals surface area contributed by atoms with E-state index in [2.05, 4.69) is 54.3 Å². The molecule has 1 fully saturated rings. The molecule has 0 bridgehead atoms. The second-order valence-electron chi connectivity index (χ2n) is 10.4. The molecular weight excluding hydrogens is 603 g/mol. The second-order valence-corrected chi connectivity index (χ2v) is 13.0. The molecule has 0 spiro atoms. The first-order valence-electron chi connectivity index (χ1n) is 15.1. The van der Waals surface area contributed by atoms with Crippen LogP contribution >= 0.6 is 12.0 Å². The van der Waals surface area contributed by atoms with E-state index in [-0.39, 0.29) is 4.90 Å². The Bertz CT molecular complexity index is 1760. The van der Waals surface area contributed by atoms with Crippen LogP contribution in [0, 0.1) is 0 Å². The van der Waals surface area contributed by atoms with Crippen molar-refractivity contribution in [2.45, 2.75) is 57.1 Å². The Kier molecular flexibility index (Phi) is 10.3. The van der Waals surface area contributed by atoms with E-state index >= 15 is 0 Å². The van der Waals surface area contributed by atoms with Crippen LogP contribution in [0.25, 0.3) is 33.4 Å². The van der Waals surface area contributed by atoms with E-state index in [0.29, 0.717) is 41.4 Å². The van der Waals surface area contributed by atoms with Crippen LogP contribution in [0.1, 0.15) is 41.0 Å². The van der Waals surface area contributed by atoms with Gasteiger partial charge in [0.2, 0.25) is 15.4 Å². The van der Waals surface area contributed by atoms with Crippen LogP contribution in [0.5, 0.6) is 0 Å². The minimum absolute atomic E-state index is 0.0940. The lowest BCUT2D eigenvalue weighted by atomic mass is 9.93. The first-order valence-corrected chi connectivity index (χ1v) is 17.2. The summed E-state index contributed by atoms with van der Waals surface area (Å²) in [5.74, 6) is 0.695. The van der Waals surface area contributed by atoms with Crippen molar-refractivity contribution in [1.82, 2.24) is 8.88 Å². The lowest BCUT2D eigenvalue weighted by molar-refractivity contribution is -0.432. The highest BCUT2D eigenvalue weighted by Crippen LogP contribution is 2.45. The molecule has 2 heterocycles. The van der Waals surface area contributed by atoms with Gasteiger partial charge in [0.25, 0.3) is 0 Å². The van der Waals surface area contributed by atoms with Gasteiger partial charge in [-0.15, -0.1) is 4.33 Å². The molecule has 1 atom stereocenters. The molecule has 0 radical (unpaired) electrons. The third kappa shape index (κ3) is 6.12. The zero-order chi connectivity index (χ0) is 31.4. The molecule has 0 saturated carbocycles. The summed E-state index contributed by atoms with van der Waals surface area (Å²) >= 11 is 0.735. The van der Waals surface area contributed by atoms with Gasteiger partial charge in [0, 0.05) is 71.9 Å². The summed E-state index contributed by atoms with van der Waals surface area (Å²) in [6.07, 6.45) is 0.159. The molecule has 5 rings (SSSR count). The highest BCUT2D eigenvalue weighted by atomic mass is 32.2. The highest BCUT2D eigenvalue weighted by molar-refractivity contribution is 7.94. The third-order valence-electron chi connectivity index (χ3n) is 8.21. The maximum atomic E-state index is 13.6. The van der Waals surface area contributed by atoms with Gasteiger partial charge in [-0.3, -0.25) is 0 Å². The number of ether oxygens (including phenoxy) is 1. The molecule has 44 heavy (non-hydrogen) atoms. The van der Waals surface area contributed by atoms with Crippen LogP contribution < -0.4 is 14.8 Å². The fourth-order valence-corrected chi connectivity index (χ4v) is 8.04. The average Bonchev–Trinajstić information content (AvgIpc) is 3.01. The summed E-state index contributed by atoms with van der Waals surface area (Å²) in [6.45, 7) is 14.5. The zero-order valence-corrected chi connectivity index (χ0v) is 27.4. The largest absolute Gasteiger partial charge is 0.456 e. The highest BCUT2D eigenvalue weighted by Gasteiger charge is 2.39. The van der Waals surface area contributed by atoms with Crippen LogP contribution in [0.4, 0.5) is 5.69 Å². The first-order chi connectivity index (χ1) is 21.3. The van der Waals surface area contributed by atoms with Crippen LogP contribution in [-0.2, 0) is 24.1 Å². The molecule has 0 amide bonds. The van der Waals surface area contributed by atoms with Crippen LogP contribution in [0.3, 0.4) is 0 Å². The topological polar surface area (TPSA) is 105 Å². The van der Waals surface area contributed by atoms with Crippen molar-refractivity contribution in [3.63, 3.8) is 0 Å². The quantitative estimate of drug-likeness (QED) is 0.0614. The standard InChI is InChI=1S/C32H39N3O7S2/c1-6-33(7-2)22-11-14-25-28(19-22)40-29-20-23(34(8-3)9-4)12-15-26(29)32(25)27-16-13-24(21-30(27)43-42-41-36)44(37,38)35-18-17-31(35)39-10-5/h11-16,19-21,31H,6-10,17-18H2,1-5H3/p+1. The number of benzene rings is 3. The molecule has 2 aliphatic heterocycles. The molecule has 1 saturated heterocycles. The van der Waals surface area contributed by atoms with E-state index in [1.807, 2.05) is 31.2 Å². The van der Waals surface area contributed by atoms with E-state index in [9.17, 15) is 8.42 Å². The zero-order valence-electron chi connectivity index (χ0n) is 25.8. The predicted molar refractivity (Wildman–Crippen MR) is 173 cm³/mol. The number of sulfonamides is 1. The van der Waals surface area contributed by atoms with E-state index in [1.54, 1.807) is 18.2 Å². The summed E-state index contributed by atoms with van der Waals surface area (Å²) in [6, 6.07) is 17.2. The van der Waals surface area contributed by atoms with E-state index in [0.717, 1.165) is 65.8 Å². The van der Waals surface area contributed by atoms with Crippen LogP contribution in [0.15, 0.2) is 68.8 Å². The van der Waals surface area contributed by atoms with Crippen molar-refractivity contribution >= 4 is 38.7 Å². The molecule has 0 aromatic heterocycles. The number of hydrogen-bond donors (Lipinski definition) is 1. The van der Waals surface area contributed by atoms with Gasteiger partial charge < -0.3 is 14.1 Å². The van der Waals surface area contributed by atoms with Gasteiger partial charge in [0.15, 0.2) is 0 Å². The molecule has 2 aromatic rings. The third-order valence-corrected chi connectivity index (χ3v) is 10.7. The fourth-order valence-electron chi connectivity index (χ4n) is 5.83. The maximum Gasteiger partial charge on any atom is 0.245 e. The molecule has 10 nitrogen and oxygen atoms in total. The molecule has 3 aliphatic rings. The molecule has 1 aliphatic carbocycles. The van der Waals surface area contributed by atoms with E-state index < -0.39 is 16.3 Å². The van der Waals surface area contributed by atoms with Crippen molar-refractivity contribution in [1.29, 1.82) is 0 Å². The Balaban J connectivity index is 1.76. The van der Waals surface area contributed by atoms with Gasteiger partial charge in [0.1, 0.15) is 30.7 Å². The van der Waals surface area contributed by atoms with Crippen LogP contribution in [-0.4, -0.2) is 63.5 Å². The number of fused-ring (bicyclic) bond motifs is 2. The number of nitrogens with zero attached hydrogens (tertiary/aromatic N) is 3. The molecule has 2 aromatic carbocycles. The van der Waals surface area contributed by atoms with Gasteiger partial charge in [-0.25, -0.2) is 18.3 Å². The summed E-state index contributed by atoms with van der Waals surface area (Å²) in [4.78, 5) is 2.80. The van der Waals surface area contributed by atoms with Gasteiger partial charge in [-0.05, 0) is 70.5 Å². The lowest BCUT2D eigenvalue weighted by Crippen LogP contribution is -2.52. The maximum absolute atomic E-state index is 13.6. The second kappa shape index (κ2) is 14.0. The minimum Gasteiger partial charge on any atom is -0.456 e. The Morgan fingerprint density at radius 2 is 1.75 bits per heavy atom. The minimum atomic E-state index is -3.84. The summed E-state index contributed by atoms with van der Waals surface area (Å²) < 4.78 is 47.9. The number of anilines is 1. The van der Waals surface area contributed by atoms with E-state index in [1.165, 1.54) is 4.31 Å².